The lowest BCUT2D eigenvalue weighted by molar-refractivity contribution is 0.00510. The molecule has 0 aliphatic carbocycles. The fourth-order valence-electron chi connectivity index (χ4n) is 6.34. The fourth-order valence-corrected chi connectivity index (χ4v) is 7.00. The third-order valence-corrected chi connectivity index (χ3v) is 9.90. The molecule has 0 saturated carbocycles. The van der Waals surface area contributed by atoms with E-state index in [1.807, 2.05) is 66.9 Å². The molecule has 0 fully saturated rings. The summed E-state index contributed by atoms with van der Waals surface area (Å²) in [7, 11) is 3.33. The Balaban J connectivity index is 1.25. The second kappa shape index (κ2) is 15.0. The van der Waals surface area contributed by atoms with E-state index in [1.54, 1.807) is 20.4 Å². The Kier molecular flexibility index (Phi) is 10.4. The van der Waals surface area contributed by atoms with Gasteiger partial charge in [0, 0.05) is 41.9 Å². The molecule has 7 heteroatoms. The third kappa shape index (κ3) is 6.80. The van der Waals surface area contributed by atoms with Crippen molar-refractivity contribution in [1.82, 2.24) is 9.97 Å². The van der Waals surface area contributed by atoms with Crippen LogP contribution in [-0.4, -0.2) is 36.6 Å². The van der Waals surface area contributed by atoms with Crippen LogP contribution in [0.3, 0.4) is 0 Å². The molecule has 6 aromatic rings. The summed E-state index contributed by atoms with van der Waals surface area (Å²) >= 11 is 3.71. The summed E-state index contributed by atoms with van der Waals surface area (Å²) in [6.45, 7) is 2.58. The van der Waals surface area contributed by atoms with E-state index >= 15 is 0 Å². The summed E-state index contributed by atoms with van der Waals surface area (Å²) in [5.74, 6) is 1.75. The summed E-state index contributed by atoms with van der Waals surface area (Å²) in [5, 5.41) is 0.981. The van der Waals surface area contributed by atoms with Gasteiger partial charge in [0.25, 0.3) is 0 Å². The van der Waals surface area contributed by atoms with Crippen LogP contribution >= 0.6 is 15.9 Å². The number of Topliss-reactive ketones (excluding diaryl/α,β-unsaturated/α-hetero) is 1. The maximum Gasteiger partial charge on any atom is 0.180 e. The quantitative estimate of drug-likeness (QED) is 0.0903. The minimum Gasteiger partial charge on any atom is -0.497 e. The van der Waals surface area contributed by atoms with Gasteiger partial charge in [0.2, 0.25) is 0 Å². The van der Waals surface area contributed by atoms with Gasteiger partial charge >= 0.3 is 0 Å². The maximum absolute atomic E-state index is 13.8. The highest BCUT2D eigenvalue weighted by molar-refractivity contribution is 9.10. The zero-order valence-corrected chi connectivity index (χ0v) is 29.0. The number of methoxy groups -OCH3 is 2. The number of ketones is 1. The lowest BCUT2D eigenvalue weighted by Crippen LogP contribution is -2.33. The van der Waals surface area contributed by atoms with E-state index in [-0.39, 0.29) is 11.7 Å². The second-order valence-corrected chi connectivity index (χ2v) is 12.7. The van der Waals surface area contributed by atoms with Crippen molar-refractivity contribution in [2.45, 2.75) is 31.8 Å². The number of aromatic nitrogens is 2. The van der Waals surface area contributed by atoms with Crippen molar-refractivity contribution in [3.05, 3.63) is 148 Å². The molecule has 6 nitrogen and oxygen atoms in total. The predicted molar refractivity (Wildman–Crippen MR) is 195 cm³/mol. The Labute approximate surface area is 290 Å². The Hall–Kier alpha value is -4.72. The van der Waals surface area contributed by atoms with Gasteiger partial charge in [-0.2, -0.15) is 0 Å². The highest BCUT2D eigenvalue weighted by Gasteiger charge is 2.38. The molecule has 0 saturated heterocycles. The molecule has 0 spiro atoms. The molecule has 1 N–H and O–H groups in total. The van der Waals surface area contributed by atoms with E-state index in [9.17, 15) is 4.79 Å². The molecule has 244 valence electrons. The van der Waals surface area contributed by atoms with E-state index in [2.05, 4.69) is 81.4 Å². The zero-order valence-electron chi connectivity index (χ0n) is 27.4. The number of H-pyrrole nitrogens is 1. The van der Waals surface area contributed by atoms with Crippen molar-refractivity contribution in [3.63, 3.8) is 0 Å². The van der Waals surface area contributed by atoms with Crippen LogP contribution in [0, 0.1) is 5.92 Å². The number of nitrogens with zero attached hydrogens (tertiary/aromatic N) is 1. The first-order valence-corrected chi connectivity index (χ1v) is 17.0. The SMILES string of the molecule is CCC(CCOC(c1ccccc1)(c1ccc(OC)cc1)c1ccc(OC)cc1)CC(=O)c1[nH]c2cc(-c3cccnc3)ccc2c1Br. The first kappa shape index (κ1) is 33.2. The van der Waals surface area contributed by atoms with E-state index in [1.165, 1.54) is 0 Å². The Bertz CT molecular complexity index is 1910. The van der Waals surface area contributed by atoms with Crippen LogP contribution in [0.25, 0.3) is 22.0 Å². The molecule has 0 radical (unpaired) electrons. The molecule has 2 aromatic heterocycles. The number of nitrogens with one attached hydrogen (secondary N) is 1. The van der Waals surface area contributed by atoms with Crippen molar-refractivity contribution in [3.8, 4) is 22.6 Å². The average molecular weight is 704 g/mol. The van der Waals surface area contributed by atoms with Crippen LogP contribution in [0.1, 0.15) is 53.4 Å². The zero-order chi connectivity index (χ0) is 33.5. The normalized spacial score (nSPS) is 12.2. The number of ether oxygens (including phenoxy) is 3. The second-order valence-electron chi connectivity index (χ2n) is 11.9. The maximum atomic E-state index is 13.8. The van der Waals surface area contributed by atoms with E-state index in [0.29, 0.717) is 25.1 Å². The van der Waals surface area contributed by atoms with Gasteiger partial charge in [-0.05, 0) is 86.9 Å². The van der Waals surface area contributed by atoms with Gasteiger partial charge < -0.3 is 19.2 Å². The molecule has 0 bridgehead atoms. The van der Waals surface area contributed by atoms with Crippen LogP contribution in [0.4, 0.5) is 0 Å². The molecule has 4 aromatic carbocycles. The number of pyridine rings is 1. The first-order chi connectivity index (χ1) is 23.5. The van der Waals surface area contributed by atoms with Crippen molar-refractivity contribution in [1.29, 1.82) is 0 Å². The van der Waals surface area contributed by atoms with Gasteiger partial charge in [-0.15, -0.1) is 0 Å². The molecule has 1 atom stereocenters. The molecule has 48 heavy (non-hydrogen) atoms. The van der Waals surface area contributed by atoms with Crippen molar-refractivity contribution in [2.24, 2.45) is 5.92 Å². The summed E-state index contributed by atoms with van der Waals surface area (Å²) in [4.78, 5) is 21.4. The highest BCUT2D eigenvalue weighted by atomic mass is 79.9. The van der Waals surface area contributed by atoms with Crippen LogP contribution in [-0.2, 0) is 10.3 Å². The van der Waals surface area contributed by atoms with Crippen LogP contribution in [0.5, 0.6) is 11.5 Å². The van der Waals surface area contributed by atoms with Crippen LogP contribution in [0.2, 0.25) is 0 Å². The Morgan fingerprint density at radius 1 is 0.812 bits per heavy atom. The molecule has 2 heterocycles. The smallest absolute Gasteiger partial charge is 0.180 e. The summed E-state index contributed by atoms with van der Waals surface area (Å²) in [6, 6.07) is 36.5. The largest absolute Gasteiger partial charge is 0.497 e. The first-order valence-electron chi connectivity index (χ1n) is 16.2. The number of benzene rings is 4. The van der Waals surface area contributed by atoms with Crippen molar-refractivity contribution in [2.75, 3.05) is 20.8 Å². The molecular weight excluding hydrogens is 664 g/mol. The number of carbonyl (C=O) groups excluding carboxylic acids is 1. The topological polar surface area (TPSA) is 73.4 Å². The summed E-state index contributed by atoms with van der Waals surface area (Å²) < 4.78 is 18.8. The monoisotopic (exact) mass is 702 g/mol. The molecule has 1 unspecified atom stereocenters. The lowest BCUT2D eigenvalue weighted by atomic mass is 9.80. The van der Waals surface area contributed by atoms with Gasteiger partial charge in [-0.1, -0.05) is 86.1 Å². The molecular formula is C41H39BrN2O4. The minimum absolute atomic E-state index is 0.0764. The highest BCUT2D eigenvalue weighted by Crippen LogP contribution is 2.42. The van der Waals surface area contributed by atoms with Crippen LogP contribution < -0.4 is 9.47 Å². The number of halogens is 1. The minimum atomic E-state index is -0.895. The molecule has 0 aliphatic heterocycles. The Morgan fingerprint density at radius 3 is 2.04 bits per heavy atom. The number of rotatable bonds is 14. The number of aromatic amines is 1. The number of hydrogen-bond acceptors (Lipinski definition) is 5. The summed E-state index contributed by atoms with van der Waals surface area (Å²) in [6.07, 6.45) is 5.58. The predicted octanol–water partition coefficient (Wildman–Crippen LogP) is 10.0. The average Bonchev–Trinajstić information content (AvgIpc) is 3.49. The summed E-state index contributed by atoms with van der Waals surface area (Å²) in [5.41, 5.74) is 5.67. The van der Waals surface area contributed by atoms with Gasteiger partial charge in [0.15, 0.2) is 5.78 Å². The van der Waals surface area contributed by atoms with E-state index in [4.69, 9.17) is 14.2 Å². The number of carbonyl (C=O) groups is 1. The lowest BCUT2D eigenvalue weighted by Gasteiger charge is -2.36. The molecule has 0 aliphatic rings. The van der Waals surface area contributed by atoms with Crippen molar-refractivity contribution >= 4 is 32.6 Å². The standard InChI is InChI=1S/C41H39BrN2O4/c1-4-28(25-38(45)40-39(42)36-21-12-29(26-37(36)44-40)30-9-8-23-43-27-30)22-24-48-41(31-10-6-5-7-11-31,32-13-17-34(46-2)18-14-32)33-15-19-35(47-3)20-16-33/h5-21,23,26-28,44H,4,22,24-25H2,1-3H3. The number of fused-ring (bicyclic) bond motifs is 1. The van der Waals surface area contributed by atoms with Crippen LogP contribution in [0.15, 0.2) is 126 Å². The van der Waals surface area contributed by atoms with Gasteiger partial charge in [-0.25, -0.2) is 0 Å². The van der Waals surface area contributed by atoms with Gasteiger partial charge in [-0.3, -0.25) is 9.78 Å². The van der Waals surface area contributed by atoms with Gasteiger partial charge in [0.05, 0.1) is 24.4 Å². The van der Waals surface area contributed by atoms with E-state index in [0.717, 1.165) is 61.1 Å². The van der Waals surface area contributed by atoms with E-state index < -0.39 is 5.60 Å². The number of hydrogen-bond donors (Lipinski definition) is 1. The van der Waals surface area contributed by atoms with Gasteiger partial charge in [0.1, 0.15) is 17.1 Å². The molecule has 6 rings (SSSR count). The Morgan fingerprint density at radius 2 is 1.46 bits per heavy atom. The fraction of sp³-hybridized carbons (Fsp3) is 0.220. The molecule has 0 amide bonds. The third-order valence-electron chi connectivity index (χ3n) is 9.08. The van der Waals surface area contributed by atoms with Crippen molar-refractivity contribution < 1.29 is 19.0 Å².